The van der Waals surface area contributed by atoms with Crippen LogP contribution >= 0.6 is 23.4 Å². The third kappa shape index (κ3) is 4.05. The Kier molecular flexibility index (Phi) is 5.38. The average molecular weight is 409 g/mol. The van der Waals surface area contributed by atoms with Crippen LogP contribution in [0.5, 0.6) is 0 Å². The largest absolute Gasteiger partial charge is 0.253 e. The van der Waals surface area contributed by atoms with Gasteiger partial charge in [-0.1, -0.05) is 65.3 Å². The topological polar surface area (TPSA) is 43.1 Å². The zero-order valence-electron chi connectivity index (χ0n) is 16.1. The molecule has 2 heterocycles. The predicted octanol–water partition coefficient (Wildman–Crippen LogP) is 5.59. The quantitative estimate of drug-likeness (QED) is 0.404. The van der Waals surface area contributed by atoms with E-state index in [4.69, 9.17) is 16.6 Å². The number of nitrogens with zero attached hydrogens (tertiary/aromatic N) is 4. The van der Waals surface area contributed by atoms with Crippen LogP contribution in [-0.2, 0) is 12.2 Å². The Hall–Kier alpha value is -2.37. The highest BCUT2D eigenvalue weighted by Crippen LogP contribution is 2.23. The number of aromatic nitrogens is 4. The molecule has 142 valence electrons. The van der Waals surface area contributed by atoms with E-state index in [2.05, 4.69) is 48.2 Å². The highest BCUT2D eigenvalue weighted by atomic mass is 35.5. The molecular weight excluding hydrogens is 388 g/mol. The van der Waals surface area contributed by atoms with Crippen molar-refractivity contribution in [3.63, 3.8) is 0 Å². The molecule has 0 fully saturated rings. The van der Waals surface area contributed by atoms with Gasteiger partial charge in [-0.15, -0.1) is 5.10 Å². The fraction of sp³-hybridized carbons (Fsp3) is 0.227. The first-order valence-electron chi connectivity index (χ1n) is 9.15. The molecule has 4 aromatic rings. The van der Waals surface area contributed by atoms with Crippen LogP contribution in [0.4, 0.5) is 0 Å². The first-order chi connectivity index (χ1) is 13.5. The van der Waals surface area contributed by atoms with E-state index in [1.807, 2.05) is 35.7 Å². The van der Waals surface area contributed by atoms with Crippen molar-refractivity contribution in [2.75, 3.05) is 0 Å². The maximum absolute atomic E-state index is 5.95. The summed E-state index contributed by atoms with van der Waals surface area (Å²) < 4.78 is 1.86. The van der Waals surface area contributed by atoms with Gasteiger partial charge in [-0.05, 0) is 49.6 Å². The molecule has 0 atom stereocenters. The highest BCUT2D eigenvalue weighted by molar-refractivity contribution is 7.98. The van der Waals surface area contributed by atoms with Crippen LogP contribution in [0.15, 0.2) is 53.7 Å². The lowest BCUT2D eigenvalue weighted by Crippen LogP contribution is -2.06. The van der Waals surface area contributed by atoms with E-state index >= 15 is 0 Å². The van der Waals surface area contributed by atoms with Gasteiger partial charge < -0.3 is 0 Å². The van der Waals surface area contributed by atoms with Crippen LogP contribution in [0.1, 0.15) is 33.6 Å². The van der Waals surface area contributed by atoms with Gasteiger partial charge in [-0.3, -0.25) is 0 Å². The molecule has 2 aromatic heterocycles. The molecule has 4 nitrogen and oxygen atoms in total. The van der Waals surface area contributed by atoms with Crippen LogP contribution in [0.2, 0.25) is 5.02 Å². The molecule has 0 spiro atoms. The lowest BCUT2D eigenvalue weighted by atomic mass is 10.0. The Balaban J connectivity index is 1.59. The summed E-state index contributed by atoms with van der Waals surface area (Å²) >= 11 is 7.56. The molecule has 0 amide bonds. The number of benzene rings is 2. The molecule has 0 aliphatic carbocycles. The van der Waals surface area contributed by atoms with Gasteiger partial charge in [0.15, 0.2) is 0 Å². The zero-order valence-corrected chi connectivity index (χ0v) is 17.7. The summed E-state index contributed by atoms with van der Waals surface area (Å²) in [5.41, 5.74) is 7.03. The molecule has 0 radical (unpaired) electrons. The number of aryl methyl sites for hydroxylation is 3. The van der Waals surface area contributed by atoms with Crippen LogP contribution in [-0.4, -0.2) is 19.6 Å². The Morgan fingerprint density at radius 1 is 0.893 bits per heavy atom. The molecule has 4 rings (SSSR count). The van der Waals surface area contributed by atoms with Crippen LogP contribution in [0.25, 0.3) is 5.78 Å². The molecule has 0 saturated heterocycles. The third-order valence-electron chi connectivity index (χ3n) is 4.81. The minimum absolute atomic E-state index is 0.654. The van der Waals surface area contributed by atoms with Crippen molar-refractivity contribution in [1.82, 2.24) is 19.6 Å². The van der Waals surface area contributed by atoms with Gasteiger partial charge in [0.05, 0.1) is 0 Å². The van der Waals surface area contributed by atoms with E-state index in [1.54, 1.807) is 11.8 Å². The Bertz CT molecular complexity index is 1120. The van der Waals surface area contributed by atoms with Gasteiger partial charge in [0.25, 0.3) is 5.78 Å². The van der Waals surface area contributed by atoms with Crippen molar-refractivity contribution in [2.24, 2.45) is 0 Å². The van der Waals surface area contributed by atoms with E-state index in [-0.39, 0.29) is 0 Å². The molecule has 0 saturated carbocycles. The Morgan fingerprint density at radius 2 is 1.57 bits per heavy atom. The highest BCUT2D eigenvalue weighted by Gasteiger charge is 2.14. The summed E-state index contributed by atoms with van der Waals surface area (Å²) in [6.07, 6.45) is 0.841. The number of halogens is 1. The van der Waals surface area contributed by atoms with Crippen LogP contribution < -0.4 is 0 Å². The second kappa shape index (κ2) is 7.94. The fourth-order valence-electron chi connectivity index (χ4n) is 3.15. The molecule has 0 N–H and O–H groups in total. The maximum Gasteiger partial charge on any atom is 0.253 e. The molecule has 0 aliphatic heterocycles. The molecular formula is C22H21ClN4S. The average Bonchev–Trinajstić information content (AvgIpc) is 3.09. The molecule has 6 heteroatoms. The summed E-state index contributed by atoms with van der Waals surface area (Å²) in [4.78, 5) is 9.30. The Morgan fingerprint density at radius 3 is 2.29 bits per heavy atom. The second-order valence-electron chi connectivity index (χ2n) is 6.94. The van der Waals surface area contributed by atoms with E-state index < -0.39 is 0 Å². The van der Waals surface area contributed by atoms with E-state index in [1.165, 1.54) is 22.3 Å². The van der Waals surface area contributed by atoms with Gasteiger partial charge in [-0.2, -0.15) is 4.98 Å². The van der Waals surface area contributed by atoms with Crippen molar-refractivity contribution in [1.29, 1.82) is 0 Å². The van der Waals surface area contributed by atoms with E-state index in [0.717, 1.165) is 33.7 Å². The second-order valence-corrected chi connectivity index (χ2v) is 8.32. The Labute approximate surface area is 174 Å². The van der Waals surface area contributed by atoms with Crippen molar-refractivity contribution in [3.8, 4) is 0 Å². The normalized spacial score (nSPS) is 11.3. The third-order valence-corrected chi connectivity index (χ3v) is 5.97. The lowest BCUT2D eigenvalue weighted by molar-refractivity contribution is 0.823. The predicted molar refractivity (Wildman–Crippen MR) is 115 cm³/mol. The lowest BCUT2D eigenvalue weighted by Gasteiger charge is -2.10. The summed E-state index contributed by atoms with van der Waals surface area (Å²) in [5, 5.41) is 6.16. The summed E-state index contributed by atoms with van der Waals surface area (Å²) in [6, 6.07) is 16.5. The monoisotopic (exact) mass is 408 g/mol. The van der Waals surface area contributed by atoms with Crippen molar-refractivity contribution >= 4 is 29.1 Å². The zero-order chi connectivity index (χ0) is 19.7. The number of fused-ring (bicyclic) bond motifs is 1. The first-order valence-corrected chi connectivity index (χ1v) is 10.5. The summed E-state index contributed by atoms with van der Waals surface area (Å²) in [7, 11) is 0. The first kappa shape index (κ1) is 19.0. The van der Waals surface area contributed by atoms with E-state index in [0.29, 0.717) is 5.78 Å². The van der Waals surface area contributed by atoms with Gasteiger partial charge in [0.1, 0.15) is 0 Å². The number of thioether (sulfide) groups is 1. The van der Waals surface area contributed by atoms with Crippen molar-refractivity contribution < 1.29 is 0 Å². The molecule has 28 heavy (non-hydrogen) atoms. The van der Waals surface area contributed by atoms with E-state index in [9.17, 15) is 0 Å². The van der Waals surface area contributed by atoms with Crippen molar-refractivity contribution in [2.45, 2.75) is 38.1 Å². The maximum atomic E-state index is 5.95. The van der Waals surface area contributed by atoms with Gasteiger partial charge >= 0.3 is 0 Å². The standard InChI is InChI=1S/C22H21ClN4S/c1-14-4-6-17(7-5-14)12-20-15(2)24-21-25-22(26-27(21)16(20)3)28-13-18-8-10-19(23)11-9-18/h4-11H,12-13H2,1-3H3. The summed E-state index contributed by atoms with van der Waals surface area (Å²) in [5.74, 6) is 1.45. The van der Waals surface area contributed by atoms with Gasteiger partial charge in [0.2, 0.25) is 5.16 Å². The van der Waals surface area contributed by atoms with Crippen LogP contribution in [0, 0.1) is 20.8 Å². The molecule has 2 aromatic carbocycles. The molecule has 0 aliphatic rings. The number of rotatable bonds is 5. The number of hydrogen-bond donors (Lipinski definition) is 0. The SMILES string of the molecule is Cc1ccc(Cc2c(C)nc3nc(SCc4ccc(Cl)cc4)nn3c2C)cc1. The summed E-state index contributed by atoms with van der Waals surface area (Å²) in [6.45, 7) is 6.24. The number of hydrogen-bond acceptors (Lipinski definition) is 4. The van der Waals surface area contributed by atoms with Crippen molar-refractivity contribution in [3.05, 3.63) is 87.2 Å². The minimum Gasteiger partial charge on any atom is -0.216 e. The smallest absolute Gasteiger partial charge is 0.216 e. The van der Waals surface area contributed by atoms with Crippen LogP contribution in [0.3, 0.4) is 0 Å². The van der Waals surface area contributed by atoms with Gasteiger partial charge in [0, 0.05) is 28.6 Å². The molecule has 0 unspecified atom stereocenters. The molecule has 0 bridgehead atoms. The minimum atomic E-state index is 0.654. The van der Waals surface area contributed by atoms with Gasteiger partial charge in [-0.25, -0.2) is 9.50 Å². The fourth-order valence-corrected chi connectivity index (χ4v) is 4.05.